The lowest BCUT2D eigenvalue weighted by Gasteiger charge is -2.11. The van der Waals surface area contributed by atoms with Crippen LogP contribution in [0.2, 0.25) is 0 Å². The smallest absolute Gasteiger partial charge is 0.277 e. The molecule has 0 unspecified atom stereocenters. The Balaban J connectivity index is 1.94. The minimum absolute atomic E-state index is 0.240. The Morgan fingerprint density at radius 1 is 1.45 bits per heavy atom. The Labute approximate surface area is 116 Å². The van der Waals surface area contributed by atoms with E-state index in [1.54, 1.807) is 12.1 Å². The third-order valence-electron chi connectivity index (χ3n) is 2.55. The number of aromatic nitrogens is 3. The Kier molecular flexibility index (Phi) is 4.67. The van der Waals surface area contributed by atoms with Gasteiger partial charge in [-0.15, -0.1) is 0 Å². The lowest BCUT2D eigenvalue weighted by molar-refractivity contribution is 0.102. The second kappa shape index (κ2) is 6.67. The molecule has 0 aliphatic heterocycles. The molecule has 2 N–H and O–H groups in total. The van der Waals surface area contributed by atoms with Gasteiger partial charge in [0, 0.05) is 18.3 Å². The molecule has 0 spiro atoms. The van der Waals surface area contributed by atoms with Gasteiger partial charge < -0.3 is 15.0 Å². The number of H-pyrrole nitrogens is 1. The number of hydrogen-bond donors (Lipinski definition) is 2. The van der Waals surface area contributed by atoms with Crippen LogP contribution >= 0.6 is 0 Å². The number of benzene rings is 1. The minimum atomic E-state index is -0.316. The summed E-state index contributed by atoms with van der Waals surface area (Å²) in [5.74, 6) is 0.397. The van der Waals surface area contributed by atoms with Gasteiger partial charge in [0.2, 0.25) is 0 Å². The van der Waals surface area contributed by atoms with Crippen LogP contribution < -0.4 is 10.1 Å². The van der Waals surface area contributed by atoms with Crippen molar-refractivity contribution < 1.29 is 9.53 Å². The molecule has 7 nitrogen and oxygen atoms in total. The van der Waals surface area contributed by atoms with Gasteiger partial charge in [0.25, 0.3) is 5.91 Å². The first-order valence-corrected chi connectivity index (χ1v) is 6.20. The summed E-state index contributed by atoms with van der Waals surface area (Å²) in [6, 6.07) is 7.23. The maximum atomic E-state index is 11.8. The summed E-state index contributed by atoms with van der Waals surface area (Å²) >= 11 is 0. The number of carbonyl (C=O) groups excluding carboxylic acids is 1. The summed E-state index contributed by atoms with van der Waals surface area (Å²) in [7, 11) is 3.97. The molecule has 0 saturated carbocycles. The number of anilines is 1. The number of carbonyl (C=O) groups is 1. The minimum Gasteiger partial charge on any atom is -0.492 e. The number of aromatic amines is 1. The van der Waals surface area contributed by atoms with Crippen LogP contribution in [0.5, 0.6) is 5.75 Å². The summed E-state index contributed by atoms with van der Waals surface area (Å²) in [6.07, 6.45) is 1.37. The summed E-state index contributed by atoms with van der Waals surface area (Å²) < 4.78 is 5.60. The first-order valence-electron chi connectivity index (χ1n) is 6.20. The Morgan fingerprint density at radius 2 is 2.30 bits per heavy atom. The summed E-state index contributed by atoms with van der Waals surface area (Å²) in [5.41, 5.74) is 0.893. The second-order valence-electron chi connectivity index (χ2n) is 4.49. The van der Waals surface area contributed by atoms with E-state index in [0.29, 0.717) is 18.0 Å². The van der Waals surface area contributed by atoms with Gasteiger partial charge in [0.1, 0.15) is 12.4 Å². The third-order valence-corrected chi connectivity index (χ3v) is 2.55. The molecule has 106 valence electrons. The molecule has 20 heavy (non-hydrogen) atoms. The van der Waals surface area contributed by atoms with Gasteiger partial charge in [0.05, 0.1) is 6.20 Å². The third kappa shape index (κ3) is 4.06. The van der Waals surface area contributed by atoms with Crippen LogP contribution in [0, 0.1) is 0 Å². The van der Waals surface area contributed by atoms with E-state index < -0.39 is 0 Å². The van der Waals surface area contributed by atoms with Crippen molar-refractivity contribution in [1.29, 1.82) is 0 Å². The molecule has 0 aliphatic rings. The van der Waals surface area contributed by atoms with E-state index in [0.717, 1.165) is 6.54 Å². The molecule has 1 heterocycles. The number of nitrogens with zero attached hydrogens (tertiary/aromatic N) is 3. The van der Waals surface area contributed by atoms with Crippen LogP contribution in [0.4, 0.5) is 5.69 Å². The van der Waals surface area contributed by atoms with E-state index in [-0.39, 0.29) is 11.6 Å². The lowest BCUT2D eigenvalue weighted by atomic mass is 10.3. The van der Waals surface area contributed by atoms with Crippen LogP contribution in [-0.4, -0.2) is 53.5 Å². The molecule has 0 atom stereocenters. The number of nitrogens with one attached hydrogen (secondary N) is 2. The summed E-state index contributed by atoms with van der Waals surface area (Å²) in [6.45, 7) is 1.42. The van der Waals surface area contributed by atoms with Crippen molar-refractivity contribution in [1.82, 2.24) is 20.3 Å². The van der Waals surface area contributed by atoms with Gasteiger partial charge in [-0.25, -0.2) is 0 Å². The van der Waals surface area contributed by atoms with Crippen molar-refractivity contribution >= 4 is 11.6 Å². The standard InChI is InChI=1S/C13H17N5O2/c1-18(2)6-7-20-11-5-3-4-10(8-11)15-13(19)12-9-14-17-16-12/h3-5,8-9H,6-7H2,1-2H3,(H,15,19)(H,14,16,17). The molecular formula is C13H17N5O2. The lowest BCUT2D eigenvalue weighted by Crippen LogP contribution is -2.19. The van der Waals surface area contributed by atoms with Gasteiger partial charge in [-0.3, -0.25) is 4.79 Å². The van der Waals surface area contributed by atoms with E-state index in [1.807, 2.05) is 31.1 Å². The highest BCUT2D eigenvalue weighted by Crippen LogP contribution is 2.17. The highest BCUT2D eigenvalue weighted by molar-refractivity contribution is 6.02. The summed E-state index contributed by atoms with van der Waals surface area (Å²) in [4.78, 5) is 13.8. The zero-order valence-electron chi connectivity index (χ0n) is 11.5. The highest BCUT2D eigenvalue weighted by Gasteiger charge is 2.09. The molecule has 0 aliphatic carbocycles. The zero-order chi connectivity index (χ0) is 14.4. The van der Waals surface area contributed by atoms with Crippen molar-refractivity contribution in [2.45, 2.75) is 0 Å². The largest absolute Gasteiger partial charge is 0.492 e. The SMILES string of the molecule is CN(C)CCOc1cccc(NC(=O)c2cn[nH]n2)c1. The van der Waals surface area contributed by atoms with Crippen molar-refractivity contribution in [3.05, 3.63) is 36.2 Å². The van der Waals surface area contributed by atoms with Crippen LogP contribution in [0.25, 0.3) is 0 Å². The van der Waals surface area contributed by atoms with Gasteiger partial charge in [-0.05, 0) is 26.2 Å². The normalized spacial score (nSPS) is 10.6. The van der Waals surface area contributed by atoms with Gasteiger partial charge in [-0.1, -0.05) is 6.07 Å². The molecule has 1 amide bonds. The quantitative estimate of drug-likeness (QED) is 0.821. The van der Waals surface area contributed by atoms with E-state index >= 15 is 0 Å². The topological polar surface area (TPSA) is 83.1 Å². The number of amides is 1. The van der Waals surface area contributed by atoms with Gasteiger partial charge in [-0.2, -0.15) is 15.4 Å². The first-order chi connectivity index (χ1) is 9.65. The molecule has 0 bridgehead atoms. The van der Waals surface area contributed by atoms with Crippen LogP contribution in [0.1, 0.15) is 10.5 Å². The Hall–Kier alpha value is -2.41. The Bertz CT molecular complexity index is 554. The maximum absolute atomic E-state index is 11.8. The first kappa shape index (κ1) is 14.0. The van der Waals surface area contributed by atoms with E-state index in [4.69, 9.17) is 4.74 Å². The average molecular weight is 275 g/mol. The van der Waals surface area contributed by atoms with Crippen LogP contribution in [0.15, 0.2) is 30.5 Å². The van der Waals surface area contributed by atoms with E-state index in [2.05, 4.69) is 20.7 Å². The molecule has 2 rings (SSSR count). The van der Waals surface area contributed by atoms with Crippen molar-refractivity contribution in [2.24, 2.45) is 0 Å². The molecule has 0 fully saturated rings. The fourth-order valence-electron chi connectivity index (χ4n) is 1.52. The predicted octanol–water partition coefficient (Wildman–Crippen LogP) is 0.997. The predicted molar refractivity (Wildman–Crippen MR) is 74.8 cm³/mol. The molecule has 2 aromatic rings. The maximum Gasteiger partial charge on any atom is 0.277 e. The monoisotopic (exact) mass is 275 g/mol. The van der Waals surface area contributed by atoms with Gasteiger partial charge >= 0.3 is 0 Å². The average Bonchev–Trinajstić information content (AvgIpc) is 2.92. The van der Waals surface area contributed by atoms with Gasteiger partial charge in [0.15, 0.2) is 5.69 Å². The van der Waals surface area contributed by atoms with Crippen LogP contribution in [0.3, 0.4) is 0 Å². The Morgan fingerprint density at radius 3 is 3.00 bits per heavy atom. The number of ether oxygens (including phenoxy) is 1. The van der Waals surface area contributed by atoms with Crippen LogP contribution in [-0.2, 0) is 0 Å². The van der Waals surface area contributed by atoms with Crippen molar-refractivity contribution in [3.63, 3.8) is 0 Å². The highest BCUT2D eigenvalue weighted by atomic mass is 16.5. The number of likely N-dealkylation sites (N-methyl/N-ethyl adjacent to an activating group) is 1. The zero-order valence-corrected chi connectivity index (χ0v) is 11.5. The fourth-order valence-corrected chi connectivity index (χ4v) is 1.52. The summed E-state index contributed by atoms with van der Waals surface area (Å²) in [5, 5.41) is 12.4. The van der Waals surface area contributed by atoms with E-state index in [1.165, 1.54) is 6.20 Å². The van der Waals surface area contributed by atoms with Crippen molar-refractivity contribution in [3.8, 4) is 5.75 Å². The molecule has 7 heteroatoms. The molecular weight excluding hydrogens is 258 g/mol. The van der Waals surface area contributed by atoms with Crippen molar-refractivity contribution in [2.75, 3.05) is 32.6 Å². The molecule has 1 aromatic heterocycles. The number of hydrogen-bond acceptors (Lipinski definition) is 5. The molecule has 1 aromatic carbocycles. The second-order valence-corrected chi connectivity index (χ2v) is 4.49. The fraction of sp³-hybridized carbons (Fsp3) is 0.308. The van der Waals surface area contributed by atoms with E-state index in [9.17, 15) is 4.79 Å². The molecule has 0 saturated heterocycles. The molecule has 0 radical (unpaired) electrons. The number of rotatable bonds is 6.